The molecule has 22 heavy (non-hydrogen) atoms. The van der Waals surface area contributed by atoms with E-state index in [0.29, 0.717) is 5.82 Å². The number of nitrogens with zero attached hydrogens (tertiary/aromatic N) is 1. The van der Waals surface area contributed by atoms with Crippen LogP contribution in [-0.2, 0) is 12.8 Å². The smallest absolute Gasteiger partial charge is 0.330 e. The second kappa shape index (κ2) is 5.48. The molecule has 0 spiro atoms. The molecule has 0 aliphatic heterocycles. The number of rotatable bonds is 4. The summed E-state index contributed by atoms with van der Waals surface area (Å²) in [6.45, 7) is 5.65. The van der Waals surface area contributed by atoms with Crippen LogP contribution in [0.25, 0.3) is 0 Å². The first-order valence-electron chi connectivity index (χ1n) is 7.70. The Balaban J connectivity index is 1.85. The largest absolute Gasteiger partial charge is 0.365 e. The highest BCUT2D eigenvalue weighted by atomic mass is 16.2. The lowest BCUT2D eigenvalue weighted by Gasteiger charge is -2.22. The number of fused-ring (bicyclic) bond motifs is 1. The second-order valence-corrected chi connectivity index (χ2v) is 6.18. The van der Waals surface area contributed by atoms with E-state index in [1.54, 1.807) is 0 Å². The van der Waals surface area contributed by atoms with Crippen LogP contribution in [0.4, 0.5) is 5.82 Å². The quantitative estimate of drug-likeness (QED) is 0.911. The summed E-state index contributed by atoms with van der Waals surface area (Å²) in [5.41, 5.74) is 3.31. The van der Waals surface area contributed by atoms with Gasteiger partial charge < -0.3 is 5.32 Å². The van der Waals surface area contributed by atoms with Crippen molar-refractivity contribution in [3.63, 3.8) is 0 Å². The molecule has 1 aliphatic carbocycles. The van der Waals surface area contributed by atoms with Crippen molar-refractivity contribution in [1.29, 1.82) is 0 Å². The van der Waals surface area contributed by atoms with E-state index in [-0.39, 0.29) is 23.3 Å². The topological polar surface area (TPSA) is 66.9 Å². The summed E-state index contributed by atoms with van der Waals surface area (Å²) in [7, 11) is 0. The highest BCUT2D eigenvalue weighted by molar-refractivity contribution is 5.42. The summed E-state index contributed by atoms with van der Waals surface area (Å²) >= 11 is 0. The summed E-state index contributed by atoms with van der Waals surface area (Å²) in [6, 6.07) is 7.77. The Kier molecular flexibility index (Phi) is 3.64. The highest BCUT2D eigenvalue weighted by Gasteiger charge is 2.16. The first-order valence-corrected chi connectivity index (χ1v) is 7.70. The Labute approximate surface area is 129 Å². The average molecular weight is 299 g/mol. The van der Waals surface area contributed by atoms with Crippen molar-refractivity contribution in [2.24, 2.45) is 0 Å². The van der Waals surface area contributed by atoms with E-state index in [1.165, 1.54) is 21.8 Å². The first kappa shape index (κ1) is 14.6. The molecule has 0 saturated heterocycles. The second-order valence-electron chi connectivity index (χ2n) is 6.18. The minimum Gasteiger partial charge on any atom is -0.365 e. The zero-order valence-corrected chi connectivity index (χ0v) is 13.1. The van der Waals surface area contributed by atoms with Gasteiger partial charge in [-0.15, -0.1) is 0 Å². The van der Waals surface area contributed by atoms with Crippen LogP contribution >= 0.6 is 0 Å². The molecule has 0 radical (unpaired) electrons. The Morgan fingerprint density at radius 1 is 1.09 bits per heavy atom. The molecule has 0 unspecified atom stereocenters. The lowest BCUT2D eigenvalue weighted by molar-refractivity contribution is 0.546. The van der Waals surface area contributed by atoms with Crippen molar-refractivity contribution in [3.05, 3.63) is 61.8 Å². The van der Waals surface area contributed by atoms with Crippen LogP contribution in [-0.4, -0.2) is 9.55 Å². The van der Waals surface area contributed by atoms with E-state index in [4.69, 9.17) is 0 Å². The normalized spacial score (nSPS) is 14.4. The first-order chi connectivity index (χ1) is 10.5. The predicted octanol–water partition coefficient (Wildman–Crippen LogP) is 2.39. The molecule has 1 aromatic carbocycles. The molecule has 5 heteroatoms. The summed E-state index contributed by atoms with van der Waals surface area (Å²) in [4.78, 5) is 26.8. The highest BCUT2D eigenvalue weighted by Crippen LogP contribution is 2.27. The maximum Gasteiger partial charge on any atom is 0.330 e. The van der Waals surface area contributed by atoms with Gasteiger partial charge in [-0.05, 0) is 50.3 Å². The molecule has 5 nitrogen and oxygen atoms in total. The van der Waals surface area contributed by atoms with Crippen LogP contribution in [0.2, 0.25) is 0 Å². The van der Waals surface area contributed by atoms with Gasteiger partial charge >= 0.3 is 5.69 Å². The molecule has 1 heterocycles. The Morgan fingerprint density at radius 3 is 2.36 bits per heavy atom. The van der Waals surface area contributed by atoms with Crippen molar-refractivity contribution in [2.75, 3.05) is 5.32 Å². The molecule has 0 saturated carbocycles. The van der Waals surface area contributed by atoms with Gasteiger partial charge in [0.1, 0.15) is 5.82 Å². The maximum absolute atomic E-state index is 12.0. The van der Waals surface area contributed by atoms with Crippen LogP contribution in [0.15, 0.2) is 33.9 Å². The minimum absolute atomic E-state index is 0.0239. The number of nitrogens with one attached hydrogen (secondary N) is 2. The molecule has 2 aromatic rings. The molecule has 1 atom stereocenters. The van der Waals surface area contributed by atoms with Crippen molar-refractivity contribution < 1.29 is 0 Å². The molecule has 116 valence electrons. The molecular weight excluding hydrogens is 278 g/mol. The molecule has 0 amide bonds. The SMILES string of the molecule is CC(C)n1c(=O)cc(N[C@@H](C)c2ccc3c(c2)CC3)[nH]c1=O. The van der Waals surface area contributed by atoms with E-state index >= 15 is 0 Å². The van der Waals surface area contributed by atoms with E-state index in [0.717, 1.165) is 18.4 Å². The van der Waals surface area contributed by atoms with Crippen molar-refractivity contribution in [1.82, 2.24) is 9.55 Å². The summed E-state index contributed by atoms with van der Waals surface area (Å²) < 4.78 is 1.21. The Morgan fingerprint density at radius 2 is 1.82 bits per heavy atom. The van der Waals surface area contributed by atoms with Gasteiger partial charge in [0.2, 0.25) is 0 Å². The zero-order valence-electron chi connectivity index (χ0n) is 13.1. The third kappa shape index (κ3) is 2.58. The van der Waals surface area contributed by atoms with Crippen LogP contribution < -0.4 is 16.6 Å². The van der Waals surface area contributed by atoms with Crippen LogP contribution in [0.1, 0.15) is 49.5 Å². The monoisotopic (exact) mass is 299 g/mol. The van der Waals surface area contributed by atoms with Gasteiger partial charge in [-0.2, -0.15) is 0 Å². The number of anilines is 1. The molecule has 2 N–H and O–H groups in total. The minimum atomic E-state index is -0.380. The van der Waals surface area contributed by atoms with Gasteiger partial charge in [-0.25, -0.2) is 4.79 Å². The van der Waals surface area contributed by atoms with E-state index < -0.39 is 0 Å². The lowest BCUT2D eigenvalue weighted by Crippen LogP contribution is -2.36. The fourth-order valence-corrected chi connectivity index (χ4v) is 2.87. The van der Waals surface area contributed by atoms with Crippen LogP contribution in [0.5, 0.6) is 0 Å². The number of benzene rings is 1. The van der Waals surface area contributed by atoms with Gasteiger partial charge in [0.05, 0.1) is 0 Å². The third-order valence-electron chi connectivity index (χ3n) is 4.25. The van der Waals surface area contributed by atoms with Gasteiger partial charge in [-0.3, -0.25) is 14.3 Å². The van der Waals surface area contributed by atoms with E-state index in [1.807, 2.05) is 20.8 Å². The molecule has 3 rings (SSSR count). The zero-order chi connectivity index (χ0) is 15.9. The summed E-state index contributed by atoms with van der Waals surface area (Å²) in [5, 5.41) is 3.21. The van der Waals surface area contributed by atoms with Crippen molar-refractivity contribution in [3.8, 4) is 0 Å². The van der Waals surface area contributed by atoms with Crippen molar-refractivity contribution >= 4 is 5.82 Å². The summed E-state index contributed by atoms with van der Waals surface area (Å²) in [6.07, 6.45) is 2.30. The van der Waals surface area contributed by atoms with E-state index in [9.17, 15) is 9.59 Å². The van der Waals surface area contributed by atoms with E-state index in [2.05, 4.69) is 28.5 Å². The summed E-state index contributed by atoms with van der Waals surface area (Å²) in [5.74, 6) is 0.460. The standard InChI is InChI=1S/C17H21N3O2/c1-10(2)20-16(21)9-15(19-17(20)22)18-11(3)13-6-4-12-5-7-14(12)8-13/h4,6,8-11,18H,5,7H2,1-3H3,(H,19,22)/t11-/m0/s1. The number of aromatic amines is 1. The number of hydrogen-bond donors (Lipinski definition) is 2. The van der Waals surface area contributed by atoms with Gasteiger partial charge in [-0.1, -0.05) is 18.2 Å². The van der Waals surface area contributed by atoms with Crippen molar-refractivity contribution in [2.45, 2.75) is 45.7 Å². The fraction of sp³-hybridized carbons (Fsp3) is 0.412. The molecule has 1 aliphatic rings. The predicted molar refractivity (Wildman–Crippen MR) is 87.6 cm³/mol. The Hall–Kier alpha value is -2.30. The van der Waals surface area contributed by atoms with Gasteiger partial charge in [0, 0.05) is 18.2 Å². The number of aryl methyl sites for hydroxylation is 2. The fourth-order valence-electron chi connectivity index (χ4n) is 2.87. The third-order valence-corrected chi connectivity index (χ3v) is 4.25. The van der Waals surface area contributed by atoms with Crippen LogP contribution in [0, 0.1) is 0 Å². The number of hydrogen-bond acceptors (Lipinski definition) is 3. The Bertz CT molecular complexity index is 786. The average Bonchev–Trinajstić information content (AvgIpc) is 2.38. The number of aromatic nitrogens is 2. The van der Waals surface area contributed by atoms with Gasteiger partial charge in [0.25, 0.3) is 5.56 Å². The van der Waals surface area contributed by atoms with Crippen LogP contribution in [0.3, 0.4) is 0 Å². The maximum atomic E-state index is 12.0. The molecule has 0 bridgehead atoms. The van der Waals surface area contributed by atoms with Gasteiger partial charge in [0.15, 0.2) is 0 Å². The molecule has 0 fully saturated rings. The molecular formula is C17H21N3O2. The number of H-pyrrole nitrogens is 1. The lowest BCUT2D eigenvalue weighted by atomic mass is 9.86. The molecule has 1 aromatic heterocycles.